The van der Waals surface area contributed by atoms with Crippen LogP contribution in [0.3, 0.4) is 0 Å². The monoisotopic (exact) mass is 190 g/mol. The molecule has 1 saturated carbocycles. The van der Waals surface area contributed by atoms with Gasteiger partial charge in [-0.15, -0.1) is 0 Å². The smallest absolute Gasteiger partial charge is 0.199 e. The fraction of sp³-hybridized carbons (Fsp3) is 0.333. The summed E-state index contributed by atoms with van der Waals surface area (Å²) in [7, 11) is 0. The molecule has 0 radical (unpaired) electrons. The molecule has 0 unspecified atom stereocenters. The highest BCUT2D eigenvalue weighted by molar-refractivity contribution is 5.36. The third-order valence-corrected chi connectivity index (χ3v) is 2.22. The maximum absolute atomic E-state index is 12.5. The molecule has 0 bridgehead atoms. The molecule has 0 nitrogen and oxygen atoms in total. The first-order valence-electron chi connectivity index (χ1n) is 3.78. The van der Waals surface area contributed by atoms with Crippen molar-refractivity contribution in [1.29, 1.82) is 0 Å². The van der Waals surface area contributed by atoms with Crippen molar-refractivity contribution in [3.05, 3.63) is 35.9 Å². The molecule has 1 aliphatic carbocycles. The molecule has 70 valence electrons. The number of rotatable bonds is 1. The number of alkyl halides is 4. The van der Waals surface area contributed by atoms with E-state index in [1.165, 1.54) is 24.3 Å². The molecule has 4 heteroatoms. The maximum Gasteiger partial charge on any atom is 0.323 e. The summed E-state index contributed by atoms with van der Waals surface area (Å²) < 4.78 is 50.0. The van der Waals surface area contributed by atoms with Gasteiger partial charge in [-0.3, -0.25) is 0 Å². The first-order valence-corrected chi connectivity index (χ1v) is 3.78. The van der Waals surface area contributed by atoms with E-state index in [9.17, 15) is 17.6 Å². The van der Waals surface area contributed by atoms with Crippen molar-refractivity contribution in [2.45, 2.75) is 17.8 Å². The number of hydrogen-bond donors (Lipinski definition) is 0. The summed E-state index contributed by atoms with van der Waals surface area (Å²) in [5.41, 5.74) is -0.00231. The fourth-order valence-electron chi connectivity index (χ4n) is 1.41. The predicted octanol–water partition coefficient (Wildman–Crippen LogP) is 3.05. The van der Waals surface area contributed by atoms with Crippen LogP contribution < -0.4 is 0 Å². The maximum atomic E-state index is 12.5. The second-order valence-corrected chi connectivity index (χ2v) is 3.09. The fourth-order valence-corrected chi connectivity index (χ4v) is 1.41. The van der Waals surface area contributed by atoms with E-state index >= 15 is 0 Å². The lowest BCUT2D eigenvalue weighted by Gasteiger charge is -1.94. The SMILES string of the molecule is FC1(F)C(c2ccccc2)C1(F)F. The van der Waals surface area contributed by atoms with E-state index < -0.39 is 17.8 Å². The average Bonchev–Trinajstić information content (AvgIpc) is 2.44. The Morgan fingerprint density at radius 3 is 1.69 bits per heavy atom. The molecule has 0 amide bonds. The lowest BCUT2D eigenvalue weighted by Crippen LogP contribution is -2.02. The van der Waals surface area contributed by atoms with Gasteiger partial charge in [-0.05, 0) is 5.56 Å². The number of halogens is 4. The second kappa shape index (κ2) is 2.25. The summed E-state index contributed by atoms with van der Waals surface area (Å²) >= 11 is 0. The summed E-state index contributed by atoms with van der Waals surface area (Å²) in [6.07, 6.45) is 0. The van der Waals surface area contributed by atoms with Gasteiger partial charge in [0.05, 0.1) is 0 Å². The van der Waals surface area contributed by atoms with Crippen LogP contribution in [0.4, 0.5) is 17.6 Å². The molecule has 0 saturated heterocycles. The van der Waals surface area contributed by atoms with E-state index in [1.54, 1.807) is 6.07 Å². The van der Waals surface area contributed by atoms with Crippen LogP contribution in [0.25, 0.3) is 0 Å². The number of benzene rings is 1. The quantitative estimate of drug-likeness (QED) is 0.597. The van der Waals surface area contributed by atoms with Gasteiger partial charge in [0, 0.05) is 0 Å². The minimum Gasteiger partial charge on any atom is -0.199 e. The van der Waals surface area contributed by atoms with Crippen LogP contribution in [0.1, 0.15) is 11.5 Å². The minimum absolute atomic E-state index is 0.00231. The predicted molar refractivity (Wildman–Crippen MR) is 39.1 cm³/mol. The highest BCUT2D eigenvalue weighted by Crippen LogP contribution is 2.67. The Balaban J connectivity index is 2.33. The van der Waals surface area contributed by atoms with Crippen LogP contribution in [-0.4, -0.2) is 11.8 Å². The van der Waals surface area contributed by atoms with Crippen LogP contribution >= 0.6 is 0 Å². The van der Waals surface area contributed by atoms with Crippen molar-refractivity contribution in [2.24, 2.45) is 0 Å². The summed E-state index contributed by atoms with van der Waals surface area (Å²) in [6, 6.07) is 7.13. The Bertz CT molecular complexity index is 304. The zero-order valence-electron chi connectivity index (χ0n) is 6.48. The standard InChI is InChI=1S/C9H6F4/c10-8(11)7(9(8,12)13)6-4-2-1-3-5-6/h1-5,7H. The molecular formula is C9H6F4. The van der Waals surface area contributed by atoms with E-state index in [1.807, 2.05) is 0 Å². The van der Waals surface area contributed by atoms with E-state index in [0.29, 0.717) is 0 Å². The molecular weight excluding hydrogens is 184 g/mol. The molecule has 0 atom stereocenters. The highest BCUT2D eigenvalue weighted by atomic mass is 19.3. The summed E-state index contributed by atoms with van der Waals surface area (Å²) in [5, 5.41) is 0. The Morgan fingerprint density at radius 2 is 1.31 bits per heavy atom. The summed E-state index contributed by atoms with van der Waals surface area (Å²) in [6.45, 7) is 0. The molecule has 1 fully saturated rings. The van der Waals surface area contributed by atoms with Gasteiger partial charge < -0.3 is 0 Å². The van der Waals surface area contributed by atoms with Crippen LogP contribution in [0, 0.1) is 0 Å². The Morgan fingerprint density at radius 1 is 0.846 bits per heavy atom. The summed E-state index contributed by atoms with van der Waals surface area (Å²) in [4.78, 5) is 0. The molecule has 0 N–H and O–H groups in total. The normalized spacial score (nSPS) is 24.3. The van der Waals surface area contributed by atoms with E-state index in [2.05, 4.69) is 0 Å². The molecule has 0 spiro atoms. The van der Waals surface area contributed by atoms with Crippen LogP contribution in [0.5, 0.6) is 0 Å². The number of hydrogen-bond acceptors (Lipinski definition) is 0. The van der Waals surface area contributed by atoms with Gasteiger partial charge in [0.1, 0.15) is 5.92 Å². The third kappa shape index (κ3) is 0.975. The molecule has 1 aliphatic rings. The van der Waals surface area contributed by atoms with Gasteiger partial charge >= 0.3 is 11.8 Å². The lowest BCUT2D eigenvalue weighted by molar-refractivity contribution is -0.0278. The van der Waals surface area contributed by atoms with Gasteiger partial charge in [-0.2, -0.15) is 17.6 Å². The highest BCUT2D eigenvalue weighted by Gasteiger charge is 2.85. The topological polar surface area (TPSA) is 0 Å². The zero-order chi connectivity index (χ0) is 9.69. The molecule has 1 aromatic rings. The zero-order valence-corrected chi connectivity index (χ0v) is 6.48. The average molecular weight is 190 g/mol. The first-order chi connectivity index (χ1) is 5.98. The van der Waals surface area contributed by atoms with Gasteiger partial charge in [-0.1, -0.05) is 30.3 Å². The Labute approximate surface area is 72.2 Å². The van der Waals surface area contributed by atoms with Crippen LogP contribution in [-0.2, 0) is 0 Å². The van der Waals surface area contributed by atoms with Crippen molar-refractivity contribution in [3.8, 4) is 0 Å². The minimum atomic E-state index is -3.87. The van der Waals surface area contributed by atoms with Crippen molar-refractivity contribution >= 4 is 0 Å². The van der Waals surface area contributed by atoms with Crippen molar-refractivity contribution in [1.82, 2.24) is 0 Å². The van der Waals surface area contributed by atoms with Crippen LogP contribution in [0.15, 0.2) is 30.3 Å². The Kier molecular flexibility index (Phi) is 1.47. The van der Waals surface area contributed by atoms with Gasteiger partial charge in [-0.25, -0.2) is 0 Å². The van der Waals surface area contributed by atoms with Crippen molar-refractivity contribution in [2.75, 3.05) is 0 Å². The third-order valence-electron chi connectivity index (χ3n) is 2.22. The van der Waals surface area contributed by atoms with Crippen LogP contribution in [0.2, 0.25) is 0 Å². The van der Waals surface area contributed by atoms with Gasteiger partial charge in [0.15, 0.2) is 0 Å². The molecule has 0 aliphatic heterocycles. The molecule has 0 aromatic heterocycles. The van der Waals surface area contributed by atoms with E-state index in [-0.39, 0.29) is 5.56 Å². The van der Waals surface area contributed by atoms with Crippen molar-refractivity contribution in [3.63, 3.8) is 0 Å². The second-order valence-electron chi connectivity index (χ2n) is 3.09. The molecule has 13 heavy (non-hydrogen) atoms. The Hall–Kier alpha value is -1.06. The van der Waals surface area contributed by atoms with Crippen molar-refractivity contribution < 1.29 is 17.6 Å². The first kappa shape index (κ1) is 8.53. The van der Waals surface area contributed by atoms with E-state index in [4.69, 9.17) is 0 Å². The molecule has 2 rings (SSSR count). The van der Waals surface area contributed by atoms with Gasteiger partial charge in [0.25, 0.3) is 0 Å². The lowest BCUT2D eigenvalue weighted by atomic mass is 10.1. The van der Waals surface area contributed by atoms with E-state index in [0.717, 1.165) is 0 Å². The largest absolute Gasteiger partial charge is 0.323 e. The molecule has 1 aromatic carbocycles. The molecule has 0 heterocycles. The van der Waals surface area contributed by atoms with Gasteiger partial charge in [0.2, 0.25) is 0 Å². The summed E-state index contributed by atoms with van der Waals surface area (Å²) in [5.74, 6) is -9.66.